The van der Waals surface area contributed by atoms with Gasteiger partial charge < -0.3 is 30.3 Å². The van der Waals surface area contributed by atoms with Crippen LogP contribution in [0.25, 0.3) is 32.8 Å². The molecule has 1 aromatic heterocycles. The largest absolute Gasteiger partial charge is 0.508 e. The van der Waals surface area contributed by atoms with Gasteiger partial charge in [0.2, 0.25) is 0 Å². The summed E-state index contributed by atoms with van der Waals surface area (Å²) in [5.74, 6) is 0.227. The number of aromatic hydroxyl groups is 1. The summed E-state index contributed by atoms with van der Waals surface area (Å²) >= 11 is 0. The number of nitrogens with zero attached hydrogens (tertiary/aromatic N) is 4. The first-order chi connectivity index (χ1) is 19.0. The number of hydrogen-bond acceptors (Lipinski definition) is 7. The lowest BCUT2D eigenvalue weighted by Gasteiger charge is -2.34. The third-order valence-corrected chi connectivity index (χ3v) is 7.96. The standard InChI is InChI=1S/C29H29FN6O3/c30-25-22(24-14-20(37)13-17-3-1-2-4-21(17)24)7-8-23-26(25)33-28(39-12-11-35-10-9-31-29(35)38)34-27(23)36-15-18-5-6-19(16-36)32-18/h1-4,7-8,13-14,18-19,32,37H,5-6,9-12,15-16H2,(H,31,38). The van der Waals surface area contributed by atoms with E-state index in [1.165, 1.54) is 0 Å². The normalized spacial score (nSPS) is 20.7. The van der Waals surface area contributed by atoms with Crippen molar-refractivity contribution in [3.05, 3.63) is 54.3 Å². The average molecular weight is 529 g/mol. The molecule has 39 heavy (non-hydrogen) atoms. The fourth-order valence-corrected chi connectivity index (χ4v) is 6.10. The van der Waals surface area contributed by atoms with Gasteiger partial charge in [0.05, 0.1) is 6.54 Å². The first-order valence-electron chi connectivity index (χ1n) is 13.4. The molecule has 4 heterocycles. The molecule has 3 aliphatic heterocycles. The van der Waals surface area contributed by atoms with Crippen molar-refractivity contribution in [1.29, 1.82) is 0 Å². The van der Waals surface area contributed by atoms with Gasteiger partial charge in [-0.15, -0.1) is 0 Å². The zero-order valence-corrected chi connectivity index (χ0v) is 21.4. The minimum Gasteiger partial charge on any atom is -0.508 e. The Balaban J connectivity index is 1.32. The molecule has 3 aliphatic rings. The molecule has 7 rings (SSSR count). The number of piperazine rings is 1. The van der Waals surface area contributed by atoms with Crippen LogP contribution in [0.3, 0.4) is 0 Å². The molecule has 2 bridgehead atoms. The van der Waals surface area contributed by atoms with Crippen LogP contribution in [0.2, 0.25) is 0 Å². The van der Waals surface area contributed by atoms with Crippen LogP contribution in [-0.2, 0) is 0 Å². The van der Waals surface area contributed by atoms with E-state index in [-0.39, 0.29) is 29.9 Å². The van der Waals surface area contributed by atoms with Gasteiger partial charge in [0.1, 0.15) is 23.7 Å². The van der Waals surface area contributed by atoms with Gasteiger partial charge in [-0.2, -0.15) is 9.97 Å². The summed E-state index contributed by atoms with van der Waals surface area (Å²) < 4.78 is 22.3. The summed E-state index contributed by atoms with van der Waals surface area (Å²) in [5, 5.41) is 19.1. The van der Waals surface area contributed by atoms with Crippen LogP contribution < -0.4 is 20.3 Å². The molecule has 2 unspecified atom stereocenters. The molecule has 0 radical (unpaired) electrons. The average Bonchev–Trinajstić information content (AvgIpc) is 3.51. The second-order valence-electron chi connectivity index (χ2n) is 10.5. The van der Waals surface area contributed by atoms with Crippen LogP contribution in [0.1, 0.15) is 12.8 Å². The fraction of sp³-hybridized carbons (Fsp3) is 0.345. The molecule has 3 saturated heterocycles. The lowest BCUT2D eigenvalue weighted by Crippen LogP contribution is -2.51. The van der Waals surface area contributed by atoms with Gasteiger partial charge in [0, 0.05) is 49.2 Å². The van der Waals surface area contributed by atoms with Gasteiger partial charge in [-0.3, -0.25) is 0 Å². The van der Waals surface area contributed by atoms with Crippen LogP contribution in [0.5, 0.6) is 11.8 Å². The summed E-state index contributed by atoms with van der Waals surface area (Å²) in [6, 6.07) is 15.2. The van der Waals surface area contributed by atoms with Crippen LogP contribution in [0, 0.1) is 5.82 Å². The summed E-state index contributed by atoms with van der Waals surface area (Å²) in [7, 11) is 0. The molecule has 3 N–H and O–H groups in total. The summed E-state index contributed by atoms with van der Waals surface area (Å²) in [6.07, 6.45) is 2.21. The van der Waals surface area contributed by atoms with E-state index in [4.69, 9.17) is 9.72 Å². The maximum absolute atomic E-state index is 16.4. The molecule has 200 valence electrons. The third kappa shape index (κ3) is 4.34. The molecular weight excluding hydrogens is 499 g/mol. The van der Waals surface area contributed by atoms with Crippen molar-refractivity contribution >= 4 is 33.5 Å². The van der Waals surface area contributed by atoms with Crippen molar-refractivity contribution in [2.24, 2.45) is 0 Å². The quantitative estimate of drug-likeness (QED) is 0.351. The van der Waals surface area contributed by atoms with E-state index in [1.807, 2.05) is 30.3 Å². The van der Waals surface area contributed by atoms with Gasteiger partial charge in [0.15, 0.2) is 5.82 Å². The van der Waals surface area contributed by atoms with Crippen LogP contribution in [0.15, 0.2) is 48.5 Å². The van der Waals surface area contributed by atoms with E-state index < -0.39 is 5.82 Å². The molecule has 0 aliphatic carbocycles. The SMILES string of the molecule is O=C1NCCN1CCOc1nc(N2CC3CCC(C2)N3)c2ccc(-c3cc(O)cc4ccccc34)c(F)c2n1. The highest BCUT2D eigenvalue weighted by atomic mass is 19.1. The predicted octanol–water partition coefficient (Wildman–Crippen LogP) is 3.64. The van der Waals surface area contributed by atoms with Crippen molar-refractivity contribution < 1.29 is 19.0 Å². The Kier molecular flexibility index (Phi) is 5.84. The highest BCUT2D eigenvalue weighted by molar-refractivity contribution is 6.01. The van der Waals surface area contributed by atoms with E-state index in [2.05, 4.69) is 20.5 Å². The number of halogens is 1. The topological polar surface area (TPSA) is 103 Å². The number of aromatic nitrogens is 2. The predicted molar refractivity (Wildman–Crippen MR) is 147 cm³/mol. The molecule has 10 heteroatoms. The Morgan fingerprint density at radius 2 is 1.85 bits per heavy atom. The molecule has 9 nitrogen and oxygen atoms in total. The van der Waals surface area contributed by atoms with Gasteiger partial charge in [-0.05, 0) is 47.4 Å². The lowest BCUT2D eigenvalue weighted by atomic mass is 9.96. The van der Waals surface area contributed by atoms with Crippen LogP contribution in [-0.4, -0.2) is 77.4 Å². The highest BCUT2D eigenvalue weighted by Gasteiger charge is 2.34. The second-order valence-corrected chi connectivity index (χ2v) is 10.5. The van der Waals surface area contributed by atoms with E-state index >= 15 is 4.39 Å². The number of carbonyl (C=O) groups is 1. The van der Waals surface area contributed by atoms with Gasteiger partial charge >= 0.3 is 12.0 Å². The number of phenols is 1. The number of fused-ring (bicyclic) bond motifs is 4. The van der Waals surface area contributed by atoms with Gasteiger partial charge in [0.25, 0.3) is 0 Å². The van der Waals surface area contributed by atoms with E-state index in [9.17, 15) is 9.90 Å². The van der Waals surface area contributed by atoms with Crippen LogP contribution >= 0.6 is 0 Å². The third-order valence-electron chi connectivity index (χ3n) is 7.96. The number of phenolic OH excluding ortho intramolecular Hbond substituents is 1. The number of hydrogen-bond donors (Lipinski definition) is 3. The zero-order valence-electron chi connectivity index (χ0n) is 21.4. The first kappa shape index (κ1) is 23.9. The van der Waals surface area contributed by atoms with Crippen molar-refractivity contribution in [1.82, 2.24) is 25.5 Å². The molecule has 2 atom stereocenters. The van der Waals surface area contributed by atoms with E-state index in [1.54, 1.807) is 23.1 Å². The number of anilines is 1. The van der Waals surface area contributed by atoms with Crippen molar-refractivity contribution in [3.8, 4) is 22.9 Å². The molecule has 2 amide bonds. The maximum Gasteiger partial charge on any atom is 0.319 e. The molecule has 0 saturated carbocycles. The number of rotatable bonds is 6. The van der Waals surface area contributed by atoms with Gasteiger partial charge in [-0.1, -0.05) is 30.3 Å². The number of ether oxygens (including phenoxy) is 1. The summed E-state index contributed by atoms with van der Waals surface area (Å²) in [4.78, 5) is 25.0. The Bertz CT molecular complexity index is 1580. The van der Waals surface area contributed by atoms with E-state index in [0.29, 0.717) is 54.0 Å². The monoisotopic (exact) mass is 528 g/mol. The Labute approximate surface area is 224 Å². The molecule has 4 aromatic rings. The lowest BCUT2D eigenvalue weighted by molar-refractivity contribution is 0.199. The molecular formula is C29H29FN6O3. The Morgan fingerprint density at radius 3 is 2.64 bits per heavy atom. The van der Waals surface area contributed by atoms with Crippen LogP contribution in [0.4, 0.5) is 15.0 Å². The minimum absolute atomic E-state index is 0.0674. The molecule has 3 aromatic carbocycles. The number of carbonyl (C=O) groups excluding carboxylic acids is 1. The van der Waals surface area contributed by atoms with E-state index in [0.717, 1.165) is 36.7 Å². The van der Waals surface area contributed by atoms with Gasteiger partial charge in [-0.25, -0.2) is 9.18 Å². The first-order valence-corrected chi connectivity index (χ1v) is 13.4. The number of nitrogens with one attached hydrogen (secondary N) is 2. The summed E-state index contributed by atoms with van der Waals surface area (Å²) in [6.45, 7) is 3.36. The number of amides is 2. The smallest absolute Gasteiger partial charge is 0.319 e. The van der Waals surface area contributed by atoms with Crippen molar-refractivity contribution in [3.63, 3.8) is 0 Å². The Hall–Kier alpha value is -4.18. The van der Waals surface area contributed by atoms with Crippen molar-refractivity contribution in [2.45, 2.75) is 24.9 Å². The minimum atomic E-state index is -0.492. The fourth-order valence-electron chi connectivity index (χ4n) is 6.10. The number of benzene rings is 3. The summed E-state index contributed by atoms with van der Waals surface area (Å²) in [5.41, 5.74) is 1.11. The zero-order chi connectivity index (χ0) is 26.5. The number of urea groups is 1. The maximum atomic E-state index is 16.4. The second kappa shape index (κ2) is 9.53. The Morgan fingerprint density at radius 1 is 1.03 bits per heavy atom. The highest BCUT2D eigenvalue weighted by Crippen LogP contribution is 2.38. The molecule has 0 spiro atoms. The van der Waals surface area contributed by atoms with Crippen molar-refractivity contribution in [2.75, 3.05) is 44.2 Å². The molecule has 3 fully saturated rings.